The summed E-state index contributed by atoms with van der Waals surface area (Å²) in [5, 5.41) is 13.4. The molecule has 0 bridgehead atoms. The highest BCUT2D eigenvalue weighted by Crippen LogP contribution is 2.42. The number of anilines is 1. The van der Waals surface area contributed by atoms with Crippen LogP contribution in [0, 0.1) is 12.3 Å². The number of hydrogen-bond acceptors (Lipinski definition) is 7. The minimum Gasteiger partial charge on any atom is -0.508 e. The van der Waals surface area contributed by atoms with Crippen LogP contribution in [0.3, 0.4) is 0 Å². The molecule has 1 spiro atoms. The van der Waals surface area contributed by atoms with Crippen molar-refractivity contribution in [3.8, 4) is 35.2 Å². The van der Waals surface area contributed by atoms with E-state index in [2.05, 4.69) is 27.9 Å². The smallest absolute Gasteiger partial charge is 0.319 e. The van der Waals surface area contributed by atoms with E-state index in [0.29, 0.717) is 25.6 Å². The number of aromatic nitrogens is 2. The Morgan fingerprint density at radius 2 is 1.93 bits per heavy atom. The second-order valence-corrected chi connectivity index (χ2v) is 13.1. The maximum atomic E-state index is 14.5. The van der Waals surface area contributed by atoms with E-state index >= 15 is 0 Å². The molecule has 4 saturated heterocycles. The number of hydrogen-bond donors (Lipinski definition) is 1. The van der Waals surface area contributed by atoms with E-state index in [1.165, 1.54) is 0 Å². The fourth-order valence-corrected chi connectivity index (χ4v) is 8.25. The van der Waals surface area contributed by atoms with Gasteiger partial charge >= 0.3 is 6.01 Å². The van der Waals surface area contributed by atoms with Gasteiger partial charge in [-0.25, -0.2) is 4.39 Å². The zero-order valence-electron chi connectivity index (χ0n) is 24.9. The lowest BCUT2D eigenvalue weighted by atomic mass is 9.88. The normalized spacial score (nSPS) is 24.7. The second kappa shape index (κ2) is 10.6. The lowest BCUT2D eigenvalue weighted by molar-refractivity contribution is -0.0146. The maximum absolute atomic E-state index is 14.5. The second-order valence-electron chi connectivity index (χ2n) is 13.1. The van der Waals surface area contributed by atoms with Crippen LogP contribution in [0.25, 0.3) is 32.8 Å². The predicted octanol–water partition coefficient (Wildman–Crippen LogP) is 6.24. The molecule has 4 aromatic rings. The minimum atomic E-state index is -0.821. The van der Waals surface area contributed by atoms with Gasteiger partial charge < -0.3 is 19.5 Å². The van der Waals surface area contributed by atoms with Crippen molar-refractivity contribution in [2.45, 2.75) is 62.3 Å². The van der Waals surface area contributed by atoms with Crippen molar-refractivity contribution in [1.82, 2.24) is 14.9 Å². The van der Waals surface area contributed by atoms with E-state index in [9.17, 15) is 9.50 Å². The highest BCUT2D eigenvalue weighted by Gasteiger charge is 2.49. The Bertz CT molecular complexity index is 1790. The van der Waals surface area contributed by atoms with Crippen molar-refractivity contribution in [3.63, 3.8) is 0 Å². The molecule has 4 aliphatic heterocycles. The molecule has 7 nitrogen and oxygen atoms in total. The zero-order chi connectivity index (χ0) is 29.9. The standard InChI is InChI=1S/C36H37FN4O3/c1-2-24-6-3-7-26-18-28(42)20-30(32(24)26)25-8-9-29-31(19-25)38-34(43-23-35-10-4-14-41(35)22-27(37)21-35)39-33(29)40-15-12-36(13-16-40)11-5-17-44-36/h1,3,6-9,18-20,27,42H,4-5,10-17,21-23H2/t27-,35+/m1/s1. The van der Waals surface area contributed by atoms with Crippen molar-refractivity contribution >= 4 is 27.5 Å². The van der Waals surface area contributed by atoms with Crippen LogP contribution in [0.2, 0.25) is 0 Å². The summed E-state index contributed by atoms with van der Waals surface area (Å²) in [6.07, 6.45) is 11.7. The average molecular weight is 593 g/mol. The topological polar surface area (TPSA) is 71.0 Å². The molecular formula is C36H37FN4O3. The highest BCUT2D eigenvalue weighted by atomic mass is 19.1. The van der Waals surface area contributed by atoms with Crippen LogP contribution < -0.4 is 9.64 Å². The number of ether oxygens (including phenoxy) is 2. The molecule has 1 N–H and O–H groups in total. The summed E-state index contributed by atoms with van der Waals surface area (Å²) in [5.41, 5.74) is 2.97. The number of piperidine rings is 1. The number of benzene rings is 3. The molecule has 2 atom stereocenters. The van der Waals surface area contributed by atoms with Crippen LogP contribution in [-0.2, 0) is 4.74 Å². The van der Waals surface area contributed by atoms with Crippen LogP contribution in [0.1, 0.15) is 50.5 Å². The summed E-state index contributed by atoms with van der Waals surface area (Å²) in [6.45, 7) is 4.30. The van der Waals surface area contributed by atoms with Gasteiger partial charge in [-0.3, -0.25) is 4.90 Å². The van der Waals surface area contributed by atoms with Crippen LogP contribution >= 0.6 is 0 Å². The van der Waals surface area contributed by atoms with Crippen LogP contribution in [0.4, 0.5) is 10.2 Å². The minimum absolute atomic E-state index is 0.00654. The Morgan fingerprint density at radius 1 is 1.05 bits per heavy atom. The number of alkyl halides is 1. The van der Waals surface area contributed by atoms with Crippen molar-refractivity contribution in [2.75, 3.05) is 44.3 Å². The van der Waals surface area contributed by atoms with Gasteiger partial charge in [0.2, 0.25) is 0 Å². The maximum Gasteiger partial charge on any atom is 0.319 e. The molecule has 0 amide bonds. The number of halogens is 1. The third kappa shape index (κ3) is 4.65. The van der Waals surface area contributed by atoms with Gasteiger partial charge in [-0.05, 0) is 91.9 Å². The number of fused-ring (bicyclic) bond motifs is 3. The van der Waals surface area contributed by atoms with Gasteiger partial charge in [0.05, 0.1) is 16.7 Å². The summed E-state index contributed by atoms with van der Waals surface area (Å²) in [6, 6.07) is 15.8. The van der Waals surface area contributed by atoms with Gasteiger partial charge in [0.1, 0.15) is 24.3 Å². The number of terminal acetylenes is 1. The van der Waals surface area contributed by atoms with E-state index in [1.54, 1.807) is 12.1 Å². The predicted molar refractivity (Wildman–Crippen MR) is 170 cm³/mol. The SMILES string of the molecule is C#Cc1cccc2cc(O)cc(-c3ccc4c(N5CCC6(CCCO6)CC5)nc(OC[C@@]56CCCN5C[C@H](F)C6)nc4c3)c12. The van der Waals surface area contributed by atoms with Gasteiger partial charge in [0.15, 0.2) is 0 Å². The van der Waals surface area contributed by atoms with Crippen molar-refractivity contribution in [1.29, 1.82) is 0 Å². The molecule has 0 aliphatic carbocycles. The lowest BCUT2D eigenvalue weighted by Gasteiger charge is -2.39. The third-order valence-electron chi connectivity index (χ3n) is 10.5. The molecule has 44 heavy (non-hydrogen) atoms. The van der Waals surface area contributed by atoms with Crippen molar-refractivity contribution < 1.29 is 19.0 Å². The summed E-state index contributed by atoms with van der Waals surface area (Å²) in [7, 11) is 0. The largest absolute Gasteiger partial charge is 0.508 e. The molecule has 4 aliphatic rings. The molecule has 226 valence electrons. The quantitative estimate of drug-likeness (QED) is 0.275. The van der Waals surface area contributed by atoms with E-state index in [0.717, 1.165) is 109 Å². The summed E-state index contributed by atoms with van der Waals surface area (Å²) in [4.78, 5) is 14.5. The van der Waals surface area contributed by atoms with E-state index in [-0.39, 0.29) is 16.9 Å². The van der Waals surface area contributed by atoms with E-state index in [1.807, 2.05) is 24.3 Å². The molecule has 0 unspecified atom stereocenters. The zero-order valence-corrected chi connectivity index (χ0v) is 24.9. The number of nitrogens with zero attached hydrogens (tertiary/aromatic N) is 4. The highest BCUT2D eigenvalue weighted by molar-refractivity contribution is 6.03. The van der Waals surface area contributed by atoms with Crippen molar-refractivity contribution in [3.05, 3.63) is 54.1 Å². The first-order valence-electron chi connectivity index (χ1n) is 15.9. The van der Waals surface area contributed by atoms with Crippen LogP contribution in [-0.4, -0.2) is 76.7 Å². The Labute approximate surface area is 257 Å². The van der Waals surface area contributed by atoms with E-state index < -0.39 is 6.17 Å². The first kappa shape index (κ1) is 27.6. The van der Waals surface area contributed by atoms with Crippen LogP contribution in [0.15, 0.2) is 48.5 Å². The van der Waals surface area contributed by atoms with E-state index in [4.69, 9.17) is 25.9 Å². The van der Waals surface area contributed by atoms with Gasteiger partial charge in [-0.15, -0.1) is 6.42 Å². The van der Waals surface area contributed by atoms with Gasteiger partial charge in [0, 0.05) is 49.0 Å². The fourth-order valence-electron chi connectivity index (χ4n) is 8.25. The number of phenols is 1. The average Bonchev–Trinajstić information content (AvgIpc) is 3.73. The first-order chi connectivity index (χ1) is 21.4. The number of phenolic OH excluding ortho intramolecular Hbond substituents is 1. The molecular weight excluding hydrogens is 555 g/mol. The Morgan fingerprint density at radius 3 is 2.75 bits per heavy atom. The molecule has 3 aromatic carbocycles. The van der Waals surface area contributed by atoms with Crippen LogP contribution in [0.5, 0.6) is 11.8 Å². The van der Waals surface area contributed by atoms with Gasteiger partial charge in [-0.2, -0.15) is 9.97 Å². The van der Waals surface area contributed by atoms with Gasteiger partial charge in [-0.1, -0.05) is 24.1 Å². The Balaban J connectivity index is 1.20. The van der Waals surface area contributed by atoms with Crippen molar-refractivity contribution in [2.24, 2.45) is 0 Å². The molecule has 0 radical (unpaired) electrons. The third-order valence-corrected chi connectivity index (χ3v) is 10.5. The molecule has 8 rings (SSSR count). The summed E-state index contributed by atoms with van der Waals surface area (Å²) >= 11 is 0. The van der Waals surface area contributed by atoms with Gasteiger partial charge in [0.25, 0.3) is 0 Å². The Hall–Kier alpha value is -3.93. The summed E-state index contributed by atoms with van der Waals surface area (Å²) < 4.78 is 27.1. The molecule has 1 aromatic heterocycles. The molecule has 8 heteroatoms. The molecule has 5 heterocycles. The first-order valence-corrected chi connectivity index (χ1v) is 15.9. The summed E-state index contributed by atoms with van der Waals surface area (Å²) in [5.74, 6) is 3.83. The number of rotatable bonds is 5. The fraction of sp³-hybridized carbons (Fsp3) is 0.444. The molecule has 0 saturated carbocycles. The Kier molecular flexibility index (Phi) is 6.65. The number of aromatic hydroxyl groups is 1. The molecule has 4 fully saturated rings. The monoisotopic (exact) mass is 592 g/mol. The lowest BCUT2D eigenvalue weighted by Crippen LogP contribution is -2.44.